The number of aromatic nitrogens is 2. The number of nitrogens with zero attached hydrogens (tertiary/aromatic N) is 2. The molecule has 2 aromatic carbocycles. The zero-order valence-electron chi connectivity index (χ0n) is 15.2. The lowest BCUT2D eigenvalue weighted by molar-refractivity contribution is 0.0942. The third-order valence-electron chi connectivity index (χ3n) is 4.11. The van der Waals surface area contributed by atoms with Crippen molar-refractivity contribution in [2.45, 2.75) is 6.54 Å². The first-order valence-corrected chi connectivity index (χ1v) is 8.85. The molecule has 2 aromatic heterocycles. The summed E-state index contributed by atoms with van der Waals surface area (Å²) < 4.78 is 23.8. The van der Waals surface area contributed by atoms with Crippen LogP contribution in [0.15, 0.2) is 83.6 Å². The normalized spacial score (nSPS) is 10.5. The van der Waals surface area contributed by atoms with Crippen molar-refractivity contribution in [1.82, 2.24) is 15.5 Å². The molecule has 7 heteroatoms. The molecule has 1 amide bonds. The van der Waals surface area contributed by atoms with Crippen molar-refractivity contribution >= 4 is 5.91 Å². The molecule has 1 N–H and O–H groups in total. The predicted octanol–water partition coefficient (Wildman–Crippen LogP) is 4.60. The van der Waals surface area contributed by atoms with Crippen LogP contribution in [0.4, 0.5) is 4.39 Å². The molecule has 0 saturated heterocycles. The van der Waals surface area contributed by atoms with E-state index >= 15 is 0 Å². The van der Waals surface area contributed by atoms with Crippen LogP contribution >= 0.6 is 0 Å². The maximum absolute atomic E-state index is 12.9. The van der Waals surface area contributed by atoms with Crippen LogP contribution in [0, 0.1) is 5.82 Å². The fourth-order valence-corrected chi connectivity index (χ4v) is 2.61. The van der Waals surface area contributed by atoms with Crippen LogP contribution < -0.4 is 10.1 Å². The van der Waals surface area contributed by atoms with Gasteiger partial charge in [-0.25, -0.2) is 4.39 Å². The summed E-state index contributed by atoms with van der Waals surface area (Å²) in [6, 6.07) is 18.2. The van der Waals surface area contributed by atoms with E-state index in [1.165, 1.54) is 12.1 Å². The zero-order chi connectivity index (χ0) is 20.1. The minimum atomic E-state index is -0.337. The first kappa shape index (κ1) is 18.4. The summed E-state index contributed by atoms with van der Waals surface area (Å²) >= 11 is 0. The minimum absolute atomic E-state index is 0.195. The summed E-state index contributed by atoms with van der Waals surface area (Å²) in [5, 5.41) is 6.61. The van der Waals surface area contributed by atoms with E-state index in [9.17, 15) is 9.18 Å². The molecule has 144 valence electrons. The monoisotopic (exact) mass is 389 g/mol. The molecule has 0 atom stereocenters. The van der Waals surface area contributed by atoms with Gasteiger partial charge in [-0.3, -0.25) is 9.78 Å². The van der Waals surface area contributed by atoms with E-state index in [-0.39, 0.29) is 17.4 Å². The Morgan fingerprint density at radius 3 is 2.45 bits per heavy atom. The topological polar surface area (TPSA) is 77.2 Å². The van der Waals surface area contributed by atoms with Crippen molar-refractivity contribution in [3.05, 3.63) is 96.2 Å². The fraction of sp³-hybridized carbons (Fsp3) is 0.0455. The van der Waals surface area contributed by atoms with Gasteiger partial charge in [0, 0.05) is 30.6 Å². The lowest BCUT2D eigenvalue weighted by Gasteiger charge is -2.07. The third kappa shape index (κ3) is 4.65. The Morgan fingerprint density at radius 1 is 1.03 bits per heavy atom. The second-order valence-electron chi connectivity index (χ2n) is 6.20. The van der Waals surface area contributed by atoms with Crippen molar-refractivity contribution in [3.63, 3.8) is 0 Å². The van der Waals surface area contributed by atoms with Gasteiger partial charge in [0.15, 0.2) is 11.5 Å². The summed E-state index contributed by atoms with van der Waals surface area (Å²) in [6.45, 7) is 0.324. The zero-order valence-corrected chi connectivity index (χ0v) is 15.2. The van der Waals surface area contributed by atoms with Gasteiger partial charge < -0.3 is 14.6 Å². The van der Waals surface area contributed by atoms with Gasteiger partial charge in [0.2, 0.25) is 0 Å². The van der Waals surface area contributed by atoms with Crippen LogP contribution in [0.5, 0.6) is 11.5 Å². The molecule has 0 saturated carbocycles. The molecule has 0 spiro atoms. The molecule has 29 heavy (non-hydrogen) atoms. The van der Waals surface area contributed by atoms with Gasteiger partial charge >= 0.3 is 0 Å². The van der Waals surface area contributed by atoms with Gasteiger partial charge in [0.1, 0.15) is 17.3 Å². The van der Waals surface area contributed by atoms with E-state index < -0.39 is 0 Å². The van der Waals surface area contributed by atoms with Crippen molar-refractivity contribution in [2.24, 2.45) is 0 Å². The standard InChI is InChI=1S/C22H16FN3O3/c23-17-5-9-19(10-6-17)28-18-7-3-15(4-8-18)13-25-22(27)20-12-21(29-26-20)16-2-1-11-24-14-16/h1-12,14H,13H2,(H,25,27). The van der Waals surface area contributed by atoms with E-state index in [1.807, 2.05) is 18.2 Å². The lowest BCUT2D eigenvalue weighted by atomic mass is 10.2. The molecule has 2 heterocycles. The SMILES string of the molecule is O=C(NCc1ccc(Oc2ccc(F)cc2)cc1)c1cc(-c2cccnc2)on1. The van der Waals surface area contributed by atoms with E-state index in [1.54, 1.807) is 48.8 Å². The fourth-order valence-electron chi connectivity index (χ4n) is 2.61. The molecule has 0 fully saturated rings. The average molecular weight is 389 g/mol. The van der Waals surface area contributed by atoms with Crippen LogP contribution in [-0.2, 0) is 6.54 Å². The Kier molecular flexibility index (Phi) is 5.29. The average Bonchev–Trinajstić information content (AvgIpc) is 3.26. The third-order valence-corrected chi connectivity index (χ3v) is 4.11. The number of pyridine rings is 1. The number of hydrogen-bond acceptors (Lipinski definition) is 5. The van der Waals surface area contributed by atoms with Crippen LogP contribution in [0.25, 0.3) is 11.3 Å². The molecule has 0 aliphatic heterocycles. The molecule has 0 aliphatic rings. The second-order valence-corrected chi connectivity index (χ2v) is 6.20. The predicted molar refractivity (Wildman–Crippen MR) is 104 cm³/mol. The van der Waals surface area contributed by atoms with Crippen LogP contribution in [-0.4, -0.2) is 16.0 Å². The van der Waals surface area contributed by atoms with Crippen LogP contribution in [0.1, 0.15) is 16.1 Å². The highest BCUT2D eigenvalue weighted by Gasteiger charge is 2.13. The molecule has 0 aliphatic carbocycles. The number of carbonyl (C=O) groups excluding carboxylic acids is 1. The van der Waals surface area contributed by atoms with Gasteiger partial charge in [-0.15, -0.1) is 0 Å². The first-order valence-electron chi connectivity index (χ1n) is 8.85. The Balaban J connectivity index is 1.33. The Labute approximate surface area is 166 Å². The van der Waals surface area contributed by atoms with Gasteiger partial charge in [0.25, 0.3) is 5.91 Å². The smallest absolute Gasteiger partial charge is 0.273 e. The van der Waals surface area contributed by atoms with Gasteiger partial charge in [-0.2, -0.15) is 0 Å². The number of hydrogen-bond donors (Lipinski definition) is 1. The van der Waals surface area contributed by atoms with Gasteiger partial charge in [0.05, 0.1) is 0 Å². The van der Waals surface area contributed by atoms with Gasteiger partial charge in [-0.05, 0) is 54.1 Å². The number of carbonyl (C=O) groups is 1. The molecule has 4 aromatic rings. The Hall–Kier alpha value is -4.00. The number of amides is 1. The van der Waals surface area contributed by atoms with Crippen LogP contribution in [0.3, 0.4) is 0 Å². The Morgan fingerprint density at radius 2 is 1.76 bits per heavy atom. The summed E-state index contributed by atoms with van der Waals surface area (Å²) in [5.41, 5.74) is 1.83. The van der Waals surface area contributed by atoms with Crippen molar-refractivity contribution in [3.8, 4) is 22.8 Å². The molecule has 6 nitrogen and oxygen atoms in total. The molecular formula is C22H16FN3O3. The van der Waals surface area contributed by atoms with E-state index in [0.29, 0.717) is 23.8 Å². The largest absolute Gasteiger partial charge is 0.457 e. The number of ether oxygens (including phenoxy) is 1. The van der Waals surface area contributed by atoms with Crippen molar-refractivity contribution in [1.29, 1.82) is 0 Å². The van der Waals surface area contributed by atoms with E-state index in [0.717, 1.165) is 11.1 Å². The van der Waals surface area contributed by atoms with Crippen molar-refractivity contribution in [2.75, 3.05) is 0 Å². The van der Waals surface area contributed by atoms with E-state index in [4.69, 9.17) is 9.26 Å². The lowest BCUT2D eigenvalue weighted by Crippen LogP contribution is -2.22. The highest BCUT2D eigenvalue weighted by atomic mass is 19.1. The number of nitrogens with one attached hydrogen (secondary N) is 1. The number of halogens is 1. The minimum Gasteiger partial charge on any atom is -0.457 e. The highest BCUT2D eigenvalue weighted by Crippen LogP contribution is 2.22. The van der Waals surface area contributed by atoms with Crippen molar-refractivity contribution < 1.29 is 18.4 Å². The summed E-state index contributed by atoms with van der Waals surface area (Å²) in [4.78, 5) is 16.3. The second kappa shape index (κ2) is 8.35. The highest BCUT2D eigenvalue weighted by molar-refractivity contribution is 5.93. The number of rotatable bonds is 6. The number of benzene rings is 2. The first-order chi connectivity index (χ1) is 14.2. The molecule has 4 rings (SSSR count). The summed E-state index contributed by atoms with van der Waals surface area (Å²) in [6.07, 6.45) is 3.29. The van der Waals surface area contributed by atoms with Crippen LogP contribution in [0.2, 0.25) is 0 Å². The quantitative estimate of drug-likeness (QED) is 0.522. The van der Waals surface area contributed by atoms with Gasteiger partial charge in [-0.1, -0.05) is 17.3 Å². The molecular weight excluding hydrogens is 373 g/mol. The maximum Gasteiger partial charge on any atom is 0.273 e. The summed E-state index contributed by atoms with van der Waals surface area (Å²) in [5.74, 6) is 0.983. The Bertz CT molecular complexity index is 1090. The molecule has 0 radical (unpaired) electrons. The van der Waals surface area contributed by atoms with E-state index in [2.05, 4.69) is 15.5 Å². The molecule has 0 unspecified atom stereocenters. The molecule has 0 bridgehead atoms. The summed E-state index contributed by atoms with van der Waals surface area (Å²) in [7, 11) is 0. The maximum atomic E-state index is 12.9.